The zero-order valence-electron chi connectivity index (χ0n) is 12.1. The Morgan fingerprint density at radius 3 is 2.50 bits per heavy atom. The molecule has 0 aliphatic rings. The van der Waals surface area contributed by atoms with Gasteiger partial charge in [-0.25, -0.2) is 0 Å². The number of hydrogen-bond donors (Lipinski definition) is 0. The summed E-state index contributed by atoms with van der Waals surface area (Å²) in [6, 6.07) is 8.00. The number of aryl methyl sites for hydroxylation is 1. The molecule has 0 aromatic heterocycles. The summed E-state index contributed by atoms with van der Waals surface area (Å²) >= 11 is 0. The van der Waals surface area contributed by atoms with Gasteiger partial charge >= 0.3 is 0 Å². The molecule has 0 radical (unpaired) electrons. The van der Waals surface area contributed by atoms with Crippen LogP contribution in [0.1, 0.15) is 46.6 Å². The molecule has 0 aliphatic heterocycles. The van der Waals surface area contributed by atoms with Crippen LogP contribution in [0.3, 0.4) is 0 Å². The third-order valence-corrected chi connectivity index (χ3v) is 2.75. The molecule has 1 aromatic rings. The first-order valence-electron chi connectivity index (χ1n) is 6.58. The minimum absolute atomic E-state index is 0.177. The highest BCUT2D eigenvalue weighted by atomic mass is 16.5. The average Bonchev–Trinajstić information content (AvgIpc) is 2.24. The molecule has 18 heavy (non-hydrogen) atoms. The predicted octanol–water partition coefficient (Wildman–Crippen LogP) is 4.02. The lowest BCUT2D eigenvalue weighted by Crippen LogP contribution is -2.20. The van der Waals surface area contributed by atoms with Crippen LogP contribution in [-0.2, 0) is 11.2 Å². The lowest BCUT2D eigenvalue weighted by Gasteiger charge is -2.16. The van der Waals surface area contributed by atoms with E-state index >= 15 is 0 Å². The summed E-state index contributed by atoms with van der Waals surface area (Å²) in [6.45, 7) is 9.92. The zero-order valence-corrected chi connectivity index (χ0v) is 12.1. The van der Waals surface area contributed by atoms with Gasteiger partial charge in [0.25, 0.3) is 0 Å². The van der Waals surface area contributed by atoms with Crippen molar-refractivity contribution < 1.29 is 9.53 Å². The average molecular weight is 248 g/mol. The number of carbonyl (C=O) groups is 1. The van der Waals surface area contributed by atoms with Crippen molar-refractivity contribution >= 4 is 5.78 Å². The van der Waals surface area contributed by atoms with Crippen LogP contribution < -0.4 is 4.74 Å². The minimum Gasteiger partial charge on any atom is -0.491 e. The summed E-state index contributed by atoms with van der Waals surface area (Å²) in [6.07, 6.45) is 1.55. The summed E-state index contributed by atoms with van der Waals surface area (Å²) in [5, 5.41) is 0. The highest BCUT2D eigenvalue weighted by Crippen LogP contribution is 2.20. The van der Waals surface area contributed by atoms with Crippen LogP contribution in [0.15, 0.2) is 24.3 Å². The fourth-order valence-corrected chi connectivity index (χ4v) is 1.68. The van der Waals surface area contributed by atoms with E-state index in [0.717, 1.165) is 17.7 Å². The molecule has 1 rings (SSSR count). The predicted molar refractivity (Wildman–Crippen MR) is 75.0 cm³/mol. The molecule has 0 bridgehead atoms. The summed E-state index contributed by atoms with van der Waals surface area (Å²) in [5.41, 5.74) is 0.914. The molecule has 100 valence electrons. The van der Waals surface area contributed by atoms with Crippen molar-refractivity contribution in [3.8, 4) is 5.75 Å². The monoisotopic (exact) mass is 248 g/mol. The Balaban J connectivity index is 2.60. The molecule has 0 saturated carbocycles. The molecule has 2 nitrogen and oxygen atoms in total. The van der Waals surface area contributed by atoms with E-state index in [0.29, 0.717) is 12.2 Å². The first-order valence-corrected chi connectivity index (χ1v) is 6.58. The molecule has 0 spiro atoms. The molecule has 1 aromatic carbocycles. The normalized spacial score (nSPS) is 11.7. The smallest absolute Gasteiger partial charge is 0.138 e. The van der Waals surface area contributed by atoms with Crippen molar-refractivity contribution in [2.75, 3.05) is 0 Å². The number of Topliss-reactive ketones (excluding diaryl/α,β-unsaturated/α-hetero) is 1. The van der Waals surface area contributed by atoms with Gasteiger partial charge in [0.15, 0.2) is 0 Å². The van der Waals surface area contributed by atoms with Gasteiger partial charge in [-0.1, -0.05) is 32.9 Å². The number of ether oxygens (including phenoxy) is 1. The molecule has 0 unspecified atom stereocenters. The lowest BCUT2D eigenvalue weighted by atomic mass is 9.87. The van der Waals surface area contributed by atoms with Crippen LogP contribution in [0.4, 0.5) is 0 Å². The van der Waals surface area contributed by atoms with Gasteiger partial charge in [-0.15, -0.1) is 0 Å². The molecule has 0 fully saturated rings. The van der Waals surface area contributed by atoms with Crippen LogP contribution in [0.2, 0.25) is 0 Å². The topological polar surface area (TPSA) is 26.3 Å². The Bertz CT molecular complexity index is 400. The van der Waals surface area contributed by atoms with Gasteiger partial charge < -0.3 is 4.74 Å². The van der Waals surface area contributed by atoms with Crippen molar-refractivity contribution in [3.63, 3.8) is 0 Å². The third-order valence-electron chi connectivity index (χ3n) is 2.75. The fraction of sp³-hybridized carbons (Fsp3) is 0.562. The van der Waals surface area contributed by atoms with Crippen LogP contribution >= 0.6 is 0 Å². The molecule has 0 atom stereocenters. The second-order valence-electron chi connectivity index (χ2n) is 5.99. The van der Waals surface area contributed by atoms with Gasteiger partial charge in [0, 0.05) is 11.8 Å². The SMILES string of the molecule is CC(C)Oc1cccc(CCC(=O)C(C)(C)C)c1. The third kappa shape index (κ3) is 4.91. The largest absolute Gasteiger partial charge is 0.491 e. The maximum absolute atomic E-state index is 11.9. The quantitative estimate of drug-likeness (QED) is 0.786. The molecule has 0 N–H and O–H groups in total. The van der Waals surface area contributed by atoms with Gasteiger partial charge in [0.2, 0.25) is 0 Å². The van der Waals surface area contributed by atoms with Gasteiger partial charge in [0.05, 0.1) is 6.10 Å². The molecule has 0 amide bonds. The van der Waals surface area contributed by atoms with Crippen LogP contribution in [0.5, 0.6) is 5.75 Å². The molecular formula is C16H24O2. The molecule has 0 aliphatic carbocycles. The van der Waals surface area contributed by atoms with E-state index < -0.39 is 0 Å². The Labute approximate surface area is 110 Å². The number of benzene rings is 1. The number of carbonyl (C=O) groups excluding carboxylic acids is 1. The molecular weight excluding hydrogens is 224 g/mol. The van der Waals surface area contributed by atoms with E-state index in [1.54, 1.807) is 0 Å². The van der Waals surface area contributed by atoms with Gasteiger partial charge in [-0.2, -0.15) is 0 Å². The van der Waals surface area contributed by atoms with Crippen LogP contribution in [-0.4, -0.2) is 11.9 Å². The summed E-state index contributed by atoms with van der Waals surface area (Å²) in [5.74, 6) is 1.18. The molecule has 0 heterocycles. The van der Waals surface area contributed by atoms with Crippen LogP contribution in [0.25, 0.3) is 0 Å². The summed E-state index contributed by atoms with van der Waals surface area (Å²) in [4.78, 5) is 11.9. The number of hydrogen-bond acceptors (Lipinski definition) is 2. The molecule has 0 saturated heterocycles. The summed E-state index contributed by atoms with van der Waals surface area (Å²) < 4.78 is 5.64. The van der Waals surface area contributed by atoms with E-state index in [1.165, 1.54) is 0 Å². The van der Waals surface area contributed by atoms with E-state index in [1.807, 2.05) is 58.9 Å². The first kappa shape index (κ1) is 14.7. The van der Waals surface area contributed by atoms with Crippen molar-refractivity contribution in [1.82, 2.24) is 0 Å². The summed E-state index contributed by atoms with van der Waals surface area (Å²) in [7, 11) is 0. The van der Waals surface area contributed by atoms with Crippen molar-refractivity contribution in [2.24, 2.45) is 5.41 Å². The van der Waals surface area contributed by atoms with E-state index in [-0.39, 0.29) is 11.5 Å². The van der Waals surface area contributed by atoms with Gasteiger partial charge in [-0.3, -0.25) is 4.79 Å². The highest BCUT2D eigenvalue weighted by molar-refractivity contribution is 5.83. The molecule has 2 heteroatoms. The van der Waals surface area contributed by atoms with E-state index in [9.17, 15) is 4.79 Å². The van der Waals surface area contributed by atoms with E-state index in [4.69, 9.17) is 4.74 Å². The van der Waals surface area contributed by atoms with Crippen molar-refractivity contribution in [1.29, 1.82) is 0 Å². The first-order chi connectivity index (χ1) is 8.29. The van der Waals surface area contributed by atoms with Crippen LogP contribution in [0, 0.1) is 5.41 Å². The maximum atomic E-state index is 11.9. The van der Waals surface area contributed by atoms with Gasteiger partial charge in [0.1, 0.15) is 11.5 Å². The Morgan fingerprint density at radius 2 is 1.94 bits per heavy atom. The second kappa shape index (κ2) is 6.03. The maximum Gasteiger partial charge on any atom is 0.138 e. The zero-order chi connectivity index (χ0) is 13.8. The van der Waals surface area contributed by atoms with E-state index in [2.05, 4.69) is 0 Å². The minimum atomic E-state index is -0.244. The standard InChI is InChI=1S/C16H24O2/c1-12(2)18-14-8-6-7-13(11-14)9-10-15(17)16(3,4)5/h6-8,11-12H,9-10H2,1-5H3. The Hall–Kier alpha value is -1.31. The van der Waals surface area contributed by atoms with Gasteiger partial charge in [-0.05, 0) is 38.0 Å². The highest BCUT2D eigenvalue weighted by Gasteiger charge is 2.20. The second-order valence-corrected chi connectivity index (χ2v) is 5.99. The van der Waals surface area contributed by atoms with Crippen molar-refractivity contribution in [2.45, 2.75) is 53.6 Å². The number of ketones is 1. The van der Waals surface area contributed by atoms with Crippen molar-refractivity contribution in [3.05, 3.63) is 29.8 Å². The fourth-order valence-electron chi connectivity index (χ4n) is 1.68. The lowest BCUT2D eigenvalue weighted by molar-refractivity contribution is -0.126. The Morgan fingerprint density at radius 1 is 1.28 bits per heavy atom. The Kier molecular flexibility index (Phi) is 4.94. The number of rotatable bonds is 5.